The number of benzene rings is 1. The molecule has 0 bridgehead atoms. The van der Waals surface area contributed by atoms with Crippen LogP contribution in [-0.2, 0) is 16.0 Å². The molecule has 144 valence electrons. The van der Waals surface area contributed by atoms with Gasteiger partial charge in [0.1, 0.15) is 0 Å². The first-order chi connectivity index (χ1) is 12.9. The Balaban J connectivity index is 1.92. The van der Waals surface area contributed by atoms with Gasteiger partial charge in [0.15, 0.2) is 0 Å². The Morgan fingerprint density at radius 1 is 1.22 bits per heavy atom. The molecule has 4 nitrogen and oxygen atoms in total. The summed E-state index contributed by atoms with van der Waals surface area (Å²) in [5, 5.41) is 2.08. The van der Waals surface area contributed by atoms with Crippen LogP contribution < -0.4 is 0 Å². The number of likely N-dealkylation sites (tertiary alicyclic amines) is 1. The van der Waals surface area contributed by atoms with Gasteiger partial charge < -0.3 is 9.80 Å². The van der Waals surface area contributed by atoms with Crippen molar-refractivity contribution in [2.45, 2.75) is 32.6 Å². The molecule has 1 saturated heterocycles. The van der Waals surface area contributed by atoms with E-state index in [0.29, 0.717) is 19.4 Å². The van der Waals surface area contributed by atoms with E-state index in [0.717, 1.165) is 24.9 Å². The normalized spacial score (nSPS) is 19.7. The van der Waals surface area contributed by atoms with E-state index in [2.05, 4.69) is 41.8 Å². The van der Waals surface area contributed by atoms with E-state index in [-0.39, 0.29) is 11.8 Å². The Bertz CT molecular complexity index is 800. The number of carbonyl (C=O) groups is 2. The van der Waals surface area contributed by atoms with E-state index < -0.39 is 5.41 Å². The van der Waals surface area contributed by atoms with Gasteiger partial charge in [-0.25, -0.2) is 0 Å². The Morgan fingerprint density at radius 3 is 2.70 bits per heavy atom. The van der Waals surface area contributed by atoms with Crippen LogP contribution in [0.1, 0.15) is 31.7 Å². The van der Waals surface area contributed by atoms with Crippen molar-refractivity contribution >= 4 is 23.2 Å². The fourth-order valence-electron chi connectivity index (χ4n) is 4.11. The van der Waals surface area contributed by atoms with E-state index in [4.69, 9.17) is 0 Å². The minimum Gasteiger partial charge on any atom is -0.348 e. The number of nitrogens with zero attached hydrogens (tertiary/aromatic N) is 2. The van der Waals surface area contributed by atoms with Gasteiger partial charge in [-0.3, -0.25) is 9.59 Å². The number of hydrogen-bond donors (Lipinski definition) is 0. The number of hydrogen-bond acceptors (Lipinski definition) is 3. The highest BCUT2D eigenvalue weighted by Gasteiger charge is 2.44. The lowest BCUT2D eigenvalue weighted by Crippen LogP contribution is -2.54. The average molecular weight is 385 g/mol. The first-order valence-electron chi connectivity index (χ1n) is 9.57. The summed E-state index contributed by atoms with van der Waals surface area (Å²) >= 11 is 1.72. The van der Waals surface area contributed by atoms with Crippen molar-refractivity contribution in [2.24, 2.45) is 5.41 Å². The summed E-state index contributed by atoms with van der Waals surface area (Å²) in [6.07, 6.45) is 2.84. The van der Waals surface area contributed by atoms with Gasteiger partial charge in [-0.05, 0) is 41.8 Å². The highest BCUT2D eigenvalue weighted by atomic mass is 32.1. The maximum atomic E-state index is 13.2. The molecule has 1 aromatic carbocycles. The third kappa shape index (κ3) is 4.24. The summed E-state index contributed by atoms with van der Waals surface area (Å²) in [6, 6.07) is 12.6. The van der Waals surface area contributed by atoms with Crippen LogP contribution in [0.3, 0.4) is 0 Å². The second-order valence-corrected chi connectivity index (χ2v) is 8.55. The summed E-state index contributed by atoms with van der Waals surface area (Å²) in [4.78, 5) is 30.3. The smallest absolute Gasteiger partial charge is 0.230 e. The van der Waals surface area contributed by atoms with Crippen molar-refractivity contribution in [3.8, 4) is 10.4 Å². The molecule has 0 radical (unpaired) electrons. The lowest BCUT2D eigenvalue weighted by Gasteiger charge is -2.43. The zero-order chi connectivity index (χ0) is 19.4. The van der Waals surface area contributed by atoms with Gasteiger partial charge in [-0.15, -0.1) is 11.3 Å². The molecule has 5 heteroatoms. The van der Waals surface area contributed by atoms with Crippen LogP contribution in [-0.4, -0.2) is 48.8 Å². The molecule has 1 aliphatic rings. The van der Waals surface area contributed by atoms with Crippen LogP contribution in [0.2, 0.25) is 0 Å². The Kier molecular flexibility index (Phi) is 6.00. The second kappa shape index (κ2) is 8.26. The van der Waals surface area contributed by atoms with Gasteiger partial charge in [0, 0.05) is 38.5 Å². The van der Waals surface area contributed by atoms with Crippen LogP contribution in [0.4, 0.5) is 0 Å². The van der Waals surface area contributed by atoms with Crippen molar-refractivity contribution in [2.75, 3.05) is 27.2 Å². The van der Waals surface area contributed by atoms with Gasteiger partial charge in [0.25, 0.3) is 0 Å². The fourth-order valence-corrected chi connectivity index (χ4v) is 4.83. The van der Waals surface area contributed by atoms with E-state index in [1.807, 2.05) is 25.9 Å². The predicted octanol–water partition coefficient (Wildman–Crippen LogP) is 4.06. The molecule has 0 aliphatic carbocycles. The zero-order valence-corrected chi connectivity index (χ0v) is 17.2. The van der Waals surface area contributed by atoms with E-state index in [9.17, 15) is 9.59 Å². The van der Waals surface area contributed by atoms with Crippen LogP contribution >= 0.6 is 11.3 Å². The molecule has 1 atom stereocenters. The molecule has 1 fully saturated rings. The molecule has 2 heterocycles. The second-order valence-electron chi connectivity index (χ2n) is 7.61. The Labute approximate surface area is 165 Å². The molecule has 0 N–H and O–H groups in total. The molecule has 2 aromatic rings. The summed E-state index contributed by atoms with van der Waals surface area (Å²) in [5.41, 5.74) is 1.80. The number of piperidine rings is 1. The van der Waals surface area contributed by atoms with Crippen molar-refractivity contribution in [1.29, 1.82) is 0 Å². The molecule has 0 saturated carbocycles. The number of amides is 2. The number of rotatable bonds is 5. The zero-order valence-electron chi connectivity index (χ0n) is 16.4. The SMILES string of the molecule is CCC(=O)N1CCC[C@@](Cc2cccc(-c3cccs3)c2)(C(=O)N(C)C)C1. The summed E-state index contributed by atoms with van der Waals surface area (Å²) < 4.78 is 0. The molecular weight excluding hydrogens is 356 g/mol. The topological polar surface area (TPSA) is 40.6 Å². The minimum absolute atomic E-state index is 0.123. The maximum Gasteiger partial charge on any atom is 0.230 e. The molecule has 1 aromatic heterocycles. The summed E-state index contributed by atoms with van der Waals surface area (Å²) in [7, 11) is 3.62. The minimum atomic E-state index is -0.541. The quantitative estimate of drug-likeness (QED) is 0.780. The largest absolute Gasteiger partial charge is 0.348 e. The molecule has 0 spiro atoms. The van der Waals surface area contributed by atoms with Crippen LogP contribution in [0.15, 0.2) is 41.8 Å². The summed E-state index contributed by atoms with van der Waals surface area (Å²) in [5.74, 6) is 0.260. The van der Waals surface area contributed by atoms with Crippen molar-refractivity contribution in [3.63, 3.8) is 0 Å². The van der Waals surface area contributed by atoms with Gasteiger partial charge in [0.2, 0.25) is 11.8 Å². The van der Waals surface area contributed by atoms with Gasteiger partial charge in [-0.2, -0.15) is 0 Å². The molecular formula is C22H28N2O2S. The Hall–Kier alpha value is -2.14. The Morgan fingerprint density at radius 2 is 2.04 bits per heavy atom. The van der Waals surface area contributed by atoms with Crippen LogP contribution in [0, 0.1) is 5.41 Å². The number of thiophene rings is 1. The lowest BCUT2D eigenvalue weighted by molar-refractivity contribution is -0.147. The van der Waals surface area contributed by atoms with Crippen molar-refractivity contribution in [3.05, 3.63) is 47.3 Å². The molecule has 3 rings (SSSR count). The highest BCUT2D eigenvalue weighted by Crippen LogP contribution is 2.37. The third-order valence-corrected chi connectivity index (χ3v) is 6.29. The number of carbonyl (C=O) groups excluding carboxylic acids is 2. The van der Waals surface area contributed by atoms with Crippen LogP contribution in [0.5, 0.6) is 0 Å². The van der Waals surface area contributed by atoms with Gasteiger partial charge in [-0.1, -0.05) is 37.3 Å². The van der Waals surface area contributed by atoms with E-state index in [1.54, 1.807) is 16.2 Å². The summed E-state index contributed by atoms with van der Waals surface area (Å²) in [6.45, 7) is 3.15. The first-order valence-corrected chi connectivity index (χ1v) is 10.5. The lowest BCUT2D eigenvalue weighted by atomic mass is 9.73. The van der Waals surface area contributed by atoms with Crippen molar-refractivity contribution in [1.82, 2.24) is 9.80 Å². The highest BCUT2D eigenvalue weighted by molar-refractivity contribution is 7.13. The fraction of sp³-hybridized carbons (Fsp3) is 0.455. The standard InChI is InChI=1S/C22H28N2O2S/c1-4-20(25)24-12-7-11-22(16-24,21(26)23(2)3)15-17-8-5-9-18(14-17)19-10-6-13-27-19/h5-6,8-10,13-14H,4,7,11-12,15-16H2,1-3H3/t22-/m0/s1. The van der Waals surface area contributed by atoms with Crippen molar-refractivity contribution < 1.29 is 9.59 Å². The first kappa shape index (κ1) is 19.6. The predicted molar refractivity (Wildman–Crippen MR) is 111 cm³/mol. The van der Waals surface area contributed by atoms with E-state index >= 15 is 0 Å². The third-order valence-electron chi connectivity index (χ3n) is 5.37. The monoisotopic (exact) mass is 384 g/mol. The molecule has 0 unspecified atom stereocenters. The molecule has 27 heavy (non-hydrogen) atoms. The molecule has 2 amide bonds. The average Bonchev–Trinajstić information content (AvgIpc) is 3.22. The molecule has 1 aliphatic heterocycles. The maximum absolute atomic E-state index is 13.2. The van der Waals surface area contributed by atoms with Gasteiger partial charge in [0.05, 0.1) is 5.41 Å². The van der Waals surface area contributed by atoms with Crippen LogP contribution in [0.25, 0.3) is 10.4 Å². The van der Waals surface area contributed by atoms with E-state index in [1.165, 1.54) is 10.4 Å². The van der Waals surface area contributed by atoms with Gasteiger partial charge >= 0.3 is 0 Å².